The van der Waals surface area contributed by atoms with Crippen LogP contribution in [0.3, 0.4) is 0 Å². The average molecular weight is 540 g/mol. The van der Waals surface area contributed by atoms with E-state index >= 15 is 0 Å². The highest BCUT2D eigenvalue weighted by atomic mass is 19.1. The molecule has 0 spiro atoms. The third-order valence-corrected chi connectivity index (χ3v) is 6.71. The highest BCUT2D eigenvalue weighted by Gasteiger charge is 2.52. The van der Waals surface area contributed by atoms with E-state index in [-0.39, 0.29) is 34.7 Å². The van der Waals surface area contributed by atoms with Crippen molar-refractivity contribution < 1.29 is 27.9 Å². The number of anilines is 1. The van der Waals surface area contributed by atoms with Gasteiger partial charge in [0, 0.05) is 11.4 Å². The molecule has 1 aromatic heterocycles. The Balaban J connectivity index is 1.86. The van der Waals surface area contributed by atoms with E-state index in [4.69, 9.17) is 4.74 Å². The zero-order chi connectivity index (χ0) is 28.4. The highest BCUT2D eigenvalue weighted by Crippen LogP contribution is 2.50. The Labute approximate surface area is 222 Å². The van der Waals surface area contributed by atoms with Crippen LogP contribution >= 0.6 is 0 Å². The summed E-state index contributed by atoms with van der Waals surface area (Å²) in [7, 11) is 0. The number of ether oxygens (including phenoxy) is 1. The SMILES string of the molecule is CC(C)N1CC(=O)N(C2c3n[nH]c(=O)c4cc(F)cc(c34)N(C(=O)OC(C)(C)C)C2c2ccc(F)cc2)C1=O. The Kier molecular flexibility index (Phi) is 6.15. The minimum Gasteiger partial charge on any atom is -0.443 e. The molecule has 10 nitrogen and oxygen atoms in total. The Hall–Kier alpha value is -4.35. The summed E-state index contributed by atoms with van der Waals surface area (Å²) in [5.74, 6) is -1.91. The van der Waals surface area contributed by atoms with Crippen LogP contribution in [0.25, 0.3) is 10.8 Å². The fraction of sp³-hybridized carbons (Fsp3) is 0.370. The predicted molar refractivity (Wildman–Crippen MR) is 137 cm³/mol. The van der Waals surface area contributed by atoms with Crippen molar-refractivity contribution in [3.05, 3.63) is 69.6 Å². The summed E-state index contributed by atoms with van der Waals surface area (Å²) < 4.78 is 34.6. The van der Waals surface area contributed by atoms with Crippen molar-refractivity contribution in [1.29, 1.82) is 0 Å². The van der Waals surface area contributed by atoms with Crippen molar-refractivity contribution in [2.24, 2.45) is 0 Å². The second kappa shape index (κ2) is 9.14. The van der Waals surface area contributed by atoms with Crippen LogP contribution in [0, 0.1) is 11.6 Å². The molecule has 0 bridgehead atoms. The molecule has 39 heavy (non-hydrogen) atoms. The first-order valence-electron chi connectivity index (χ1n) is 12.4. The Morgan fingerprint density at radius 1 is 1.05 bits per heavy atom. The molecule has 0 saturated carbocycles. The Bertz CT molecular complexity index is 1560. The molecule has 3 heterocycles. The number of hydrogen-bond donors (Lipinski definition) is 1. The number of carbonyl (C=O) groups is 3. The number of halogens is 2. The van der Waals surface area contributed by atoms with Crippen molar-refractivity contribution in [2.45, 2.75) is 58.3 Å². The third kappa shape index (κ3) is 4.39. The lowest BCUT2D eigenvalue weighted by atomic mass is 9.87. The summed E-state index contributed by atoms with van der Waals surface area (Å²) in [6.45, 7) is 8.25. The van der Waals surface area contributed by atoms with E-state index in [1.165, 1.54) is 29.2 Å². The standard InChI is InChI=1S/C27H27F2N5O5/c1-13(2)32-12-19(35)34(25(32)37)23-21-20-17(24(36)31-30-21)10-16(29)11-18(20)33(26(38)39-27(3,4)5)22(23)14-6-8-15(28)9-7-14/h6-11,13,22-23H,12H2,1-5H3,(H,31,36). The summed E-state index contributed by atoms with van der Waals surface area (Å²) >= 11 is 0. The fourth-order valence-corrected chi connectivity index (χ4v) is 5.10. The van der Waals surface area contributed by atoms with Crippen molar-refractivity contribution >= 4 is 34.5 Å². The van der Waals surface area contributed by atoms with Gasteiger partial charge in [0.15, 0.2) is 0 Å². The van der Waals surface area contributed by atoms with Crippen LogP contribution in [0.1, 0.15) is 58.0 Å². The second-order valence-electron chi connectivity index (χ2n) is 10.8. The monoisotopic (exact) mass is 539 g/mol. The smallest absolute Gasteiger partial charge is 0.415 e. The van der Waals surface area contributed by atoms with Crippen molar-refractivity contribution in [3.63, 3.8) is 0 Å². The molecular formula is C27H27F2N5O5. The van der Waals surface area contributed by atoms with Gasteiger partial charge >= 0.3 is 12.1 Å². The van der Waals surface area contributed by atoms with Gasteiger partial charge < -0.3 is 9.64 Å². The van der Waals surface area contributed by atoms with Crippen LogP contribution in [-0.4, -0.2) is 56.2 Å². The minimum absolute atomic E-state index is 0.0294. The molecule has 2 aliphatic rings. The van der Waals surface area contributed by atoms with Crippen LogP contribution < -0.4 is 10.5 Å². The highest BCUT2D eigenvalue weighted by molar-refractivity contribution is 6.07. The molecule has 2 aromatic carbocycles. The molecule has 204 valence electrons. The van der Waals surface area contributed by atoms with Gasteiger partial charge in [0.05, 0.1) is 22.8 Å². The van der Waals surface area contributed by atoms with Crippen LogP contribution in [-0.2, 0) is 9.53 Å². The molecule has 1 N–H and O–H groups in total. The average Bonchev–Trinajstić information content (AvgIpc) is 3.13. The number of hydrogen-bond acceptors (Lipinski definition) is 6. The first-order chi connectivity index (χ1) is 18.3. The zero-order valence-electron chi connectivity index (χ0n) is 22.0. The lowest BCUT2D eigenvalue weighted by Gasteiger charge is -2.44. The van der Waals surface area contributed by atoms with Gasteiger partial charge in [-0.3, -0.25) is 19.4 Å². The number of urea groups is 1. The molecule has 5 rings (SSSR count). The summed E-state index contributed by atoms with van der Waals surface area (Å²) in [6.07, 6.45) is -0.917. The van der Waals surface area contributed by atoms with Crippen LogP contribution in [0.4, 0.5) is 24.1 Å². The molecule has 3 aromatic rings. The minimum atomic E-state index is -1.26. The summed E-state index contributed by atoms with van der Waals surface area (Å²) in [4.78, 5) is 57.1. The molecule has 1 fully saturated rings. The number of nitrogens with zero attached hydrogens (tertiary/aromatic N) is 4. The topological polar surface area (TPSA) is 116 Å². The van der Waals surface area contributed by atoms with E-state index in [0.717, 1.165) is 21.9 Å². The number of amides is 4. The first kappa shape index (κ1) is 26.3. The number of nitrogens with one attached hydrogen (secondary N) is 1. The lowest BCUT2D eigenvalue weighted by molar-refractivity contribution is -0.127. The molecular weight excluding hydrogens is 512 g/mol. The van der Waals surface area contributed by atoms with Gasteiger partial charge in [-0.05, 0) is 64.4 Å². The molecule has 0 aliphatic carbocycles. The van der Waals surface area contributed by atoms with Crippen LogP contribution in [0.2, 0.25) is 0 Å². The molecule has 1 saturated heterocycles. The molecule has 2 aliphatic heterocycles. The van der Waals surface area contributed by atoms with Crippen LogP contribution in [0.15, 0.2) is 41.2 Å². The number of rotatable bonds is 3. The van der Waals surface area contributed by atoms with E-state index in [1.54, 1.807) is 34.6 Å². The van der Waals surface area contributed by atoms with E-state index in [1.807, 2.05) is 0 Å². The Morgan fingerprint density at radius 3 is 2.31 bits per heavy atom. The second-order valence-corrected chi connectivity index (χ2v) is 10.8. The van der Waals surface area contributed by atoms with Crippen molar-refractivity contribution in [1.82, 2.24) is 20.0 Å². The summed E-state index contributed by atoms with van der Waals surface area (Å²) in [5.41, 5.74) is -1.32. The maximum atomic E-state index is 14.9. The number of carbonyl (C=O) groups excluding carboxylic acids is 3. The van der Waals surface area contributed by atoms with Gasteiger partial charge in [-0.25, -0.2) is 23.5 Å². The molecule has 4 amide bonds. The van der Waals surface area contributed by atoms with Crippen molar-refractivity contribution in [3.8, 4) is 0 Å². The number of aromatic nitrogens is 2. The van der Waals surface area contributed by atoms with Gasteiger partial charge in [-0.2, -0.15) is 5.10 Å². The summed E-state index contributed by atoms with van der Waals surface area (Å²) in [5, 5.41) is 6.52. The number of aromatic amines is 1. The third-order valence-electron chi connectivity index (χ3n) is 6.71. The van der Waals surface area contributed by atoms with Gasteiger partial charge in [0.25, 0.3) is 11.5 Å². The van der Waals surface area contributed by atoms with Gasteiger partial charge in [-0.1, -0.05) is 12.1 Å². The maximum absolute atomic E-state index is 14.9. The van der Waals surface area contributed by atoms with Crippen molar-refractivity contribution in [2.75, 3.05) is 11.4 Å². The quantitative estimate of drug-likeness (QED) is 0.493. The maximum Gasteiger partial charge on any atom is 0.415 e. The molecule has 2 unspecified atom stereocenters. The van der Waals surface area contributed by atoms with Gasteiger partial charge in [0.1, 0.15) is 29.8 Å². The Morgan fingerprint density at radius 2 is 1.72 bits per heavy atom. The first-order valence-corrected chi connectivity index (χ1v) is 12.4. The van der Waals surface area contributed by atoms with Crippen LogP contribution in [0.5, 0.6) is 0 Å². The lowest BCUT2D eigenvalue weighted by Crippen LogP contribution is -2.50. The van der Waals surface area contributed by atoms with Gasteiger partial charge in [0.2, 0.25) is 0 Å². The molecule has 0 radical (unpaired) electrons. The van der Waals surface area contributed by atoms with E-state index in [0.29, 0.717) is 5.56 Å². The van der Waals surface area contributed by atoms with Gasteiger partial charge in [-0.15, -0.1) is 0 Å². The number of H-pyrrole nitrogens is 1. The van der Waals surface area contributed by atoms with E-state index < -0.39 is 52.9 Å². The number of benzene rings is 2. The van der Waals surface area contributed by atoms with E-state index in [2.05, 4.69) is 10.2 Å². The predicted octanol–water partition coefficient (Wildman–Crippen LogP) is 4.41. The normalized spacial score (nSPS) is 19.4. The molecule has 12 heteroatoms. The fourth-order valence-electron chi connectivity index (χ4n) is 5.10. The van der Waals surface area contributed by atoms with E-state index in [9.17, 15) is 28.0 Å². The summed E-state index contributed by atoms with van der Waals surface area (Å²) in [6, 6.07) is 3.83. The molecule has 2 atom stereocenters. The number of imide groups is 1. The zero-order valence-corrected chi connectivity index (χ0v) is 22.0. The largest absolute Gasteiger partial charge is 0.443 e.